The molecule has 0 atom stereocenters. The maximum atomic E-state index is 13.2. The lowest BCUT2D eigenvalue weighted by atomic mass is 10.1. The zero-order valence-electron chi connectivity index (χ0n) is 9.78. The molecule has 1 N–H and O–H groups in total. The summed E-state index contributed by atoms with van der Waals surface area (Å²) in [6.07, 6.45) is 0. The fourth-order valence-corrected chi connectivity index (χ4v) is 2.01. The molecule has 0 aliphatic rings. The predicted octanol–water partition coefficient (Wildman–Crippen LogP) is 2.43. The van der Waals surface area contributed by atoms with Gasteiger partial charge in [-0.25, -0.2) is 4.39 Å². The van der Waals surface area contributed by atoms with Crippen molar-refractivity contribution < 1.29 is 14.3 Å². The Bertz CT molecular complexity index is 389. The van der Waals surface area contributed by atoms with Crippen LogP contribution < -0.4 is 0 Å². The minimum absolute atomic E-state index is 0.0447. The molecule has 1 amide bonds. The summed E-state index contributed by atoms with van der Waals surface area (Å²) in [5, 5.41) is 8.91. The molecule has 1 aromatic rings. The molecule has 0 spiro atoms. The molecule has 1 aromatic carbocycles. The number of halogens is 2. The van der Waals surface area contributed by atoms with Gasteiger partial charge in [0, 0.05) is 22.6 Å². The molecular formula is C12H15BrFNO2. The Labute approximate surface area is 108 Å². The van der Waals surface area contributed by atoms with Crippen LogP contribution in [0.4, 0.5) is 4.39 Å². The van der Waals surface area contributed by atoms with Crippen molar-refractivity contribution in [2.24, 2.45) is 0 Å². The van der Waals surface area contributed by atoms with Crippen molar-refractivity contribution >= 4 is 21.8 Å². The summed E-state index contributed by atoms with van der Waals surface area (Å²) < 4.78 is 13.7. The summed E-state index contributed by atoms with van der Waals surface area (Å²) in [6.45, 7) is 3.83. The molecule has 0 aliphatic carbocycles. The van der Waals surface area contributed by atoms with Crippen molar-refractivity contribution in [3.8, 4) is 0 Å². The molecule has 0 fully saturated rings. The highest BCUT2D eigenvalue weighted by Crippen LogP contribution is 2.17. The molecule has 94 valence electrons. The van der Waals surface area contributed by atoms with Crippen LogP contribution in [-0.4, -0.2) is 35.1 Å². The van der Waals surface area contributed by atoms with E-state index in [9.17, 15) is 9.18 Å². The molecule has 0 unspecified atom stereocenters. The highest BCUT2D eigenvalue weighted by molar-refractivity contribution is 9.10. The van der Waals surface area contributed by atoms with Crippen molar-refractivity contribution in [2.75, 3.05) is 13.2 Å². The molecule has 0 radical (unpaired) electrons. The van der Waals surface area contributed by atoms with Crippen LogP contribution in [-0.2, 0) is 0 Å². The van der Waals surface area contributed by atoms with Crippen molar-refractivity contribution in [3.05, 3.63) is 34.1 Å². The van der Waals surface area contributed by atoms with E-state index >= 15 is 0 Å². The lowest BCUT2D eigenvalue weighted by Gasteiger charge is -2.26. The average molecular weight is 304 g/mol. The number of hydrogen-bond donors (Lipinski definition) is 1. The van der Waals surface area contributed by atoms with Crippen LogP contribution in [0, 0.1) is 5.82 Å². The van der Waals surface area contributed by atoms with E-state index in [1.165, 1.54) is 17.0 Å². The van der Waals surface area contributed by atoms with E-state index in [1.54, 1.807) is 6.07 Å². The number of hydrogen-bond acceptors (Lipinski definition) is 2. The molecular weight excluding hydrogens is 289 g/mol. The van der Waals surface area contributed by atoms with Crippen LogP contribution in [0.5, 0.6) is 0 Å². The minimum atomic E-state index is -0.463. The van der Waals surface area contributed by atoms with Crippen LogP contribution in [0.2, 0.25) is 0 Å². The van der Waals surface area contributed by atoms with Crippen molar-refractivity contribution in [1.82, 2.24) is 4.90 Å². The van der Waals surface area contributed by atoms with Gasteiger partial charge >= 0.3 is 0 Å². The van der Waals surface area contributed by atoms with Gasteiger partial charge in [-0.05, 0) is 32.0 Å². The molecule has 0 saturated heterocycles. The highest BCUT2D eigenvalue weighted by Gasteiger charge is 2.19. The van der Waals surface area contributed by atoms with Gasteiger partial charge in [-0.15, -0.1) is 0 Å². The SMILES string of the molecule is CC(C)N(CCO)C(=O)c1cc(F)cc(Br)c1. The molecule has 5 heteroatoms. The number of nitrogens with zero attached hydrogens (tertiary/aromatic N) is 1. The van der Waals surface area contributed by atoms with E-state index in [-0.39, 0.29) is 30.7 Å². The van der Waals surface area contributed by atoms with Gasteiger partial charge in [-0.3, -0.25) is 4.79 Å². The Morgan fingerprint density at radius 1 is 1.47 bits per heavy atom. The third-order valence-electron chi connectivity index (χ3n) is 2.33. The second-order valence-electron chi connectivity index (χ2n) is 3.97. The summed E-state index contributed by atoms with van der Waals surface area (Å²) in [7, 11) is 0. The third kappa shape index (κ3) is 3.78. The first-order chi connectivity index (χ1) is 7.95. The molecule has 3 nitrogen and oxygen atoms in total. The number of rotatable bonds is 4. The maximum Gasteiger partial charge on any atom is 0.254 e. The summed E-state index contributed by atoms with van der Waals surface area (Å²) >= 11 is 3.15. The fraction of sp³-hybridized carbons (Fsp3) is 0.417. The molecule has 0 bridgehead atoms. The van der Waals surface area contributed by atoms with Gasteiger partial charge < -0.3 is 10.0 Å². The zero-order chi connectivity index (χ0) is 13.0. The number of carbonyl (C=O) groups excluding carboxylic acids is 1. The van der Waals surface area contributed by atoms with Gasteiger partial charge in [-0.2, -0.15) is 0 Å². The lowest BCUT2D eigenvalue weighted by Crippen LogP contribution is -2.39. The Hall–Kier alpha value is -0.940. The van der Waals surface area contributed by atoms with E-state index in [1.807, 2.05) is 13.8 Å². The Kier molecular flexibility index (Phi) is 5.08. The first-order valence-electron chi connectivity index (χ1n) is 5.33. The second-order valence-corrected chi connectivity index (χ2v) is 4.89. The first kappa shape index (κ1) is 14.1. The van der Waals surface area contributed by atoms with E-state index < -0.39 is 5.82 Å². The Morgan fingerprint density at radius 3 is 2.59 bits per heavy atom. The van der Waals surface area contributed by atoms with E-state index in [0.29, 0.717) is 4.47 Å². The molecule has 0 aliphatic heterocycles. The standard InChI is InChI=1S/C12H15BrFNO2/c1-8(2)15(3-4-16)12(17)9-5-10(13)7-11(14)6-9/h5-8,16H,3-4H2,1-2H3. The van der Waals surface area contributed by atoms with Crippen molar-refractivity contribution in [3.63, 3.8) is 0 Å². The van der Waals surface area contributed by atoms with Gasteiger partial charge in [-0.1, -0.05) is 15.9 Å². The first-order valence-corrected chi connectivity index (χ1v) is 6.13. The number of aliphatic hydroxyl groups is 1. The van der Waals surface area contributed by atoms with Gasteiger partial charge in [0.15, 0.2) is 0 Å². The highest BCUT2D eigenvalue weighted by atomic mass is 79.9. The van der Waals surface area contributed by atoms with Crippen LogP contribution >= 0.6 is 15.9 Å². The predicted molar refractivity (Wildman–Crippen MR) is 67.4 cm³/mol. The Morgan fingerprint density at radius 2 is 2.12 bits per heavy atom. The summed E-state index contributed by atoms with van der Waals surface area (Å²) in [5.74, 6) is -0.746. The second kappa shape index (κ2) is 6.12. The molecule has 0 heterocycles. The number of benzene rings is 1. The monoisotopic (exact) mass is 303 g/mol. The van der Waals surface area contributed by atoms with Gasteiger partial charge in [0.1, 0.15) is 5.82 Å². The fourth-order valence-electron chi connectivity index (χ4n) is 1.55. The molecule has 0 saturated carbocycles. The van der Waals surface area contributed by atoms with Crippen molar-refractivity contribution in [2.45, 2.75) is 19.9 Å². The topological polar surface area (TPSA) is 40.5 Å². The summed E-state index contributed by atoms with van der Waals surface area (Å²) in [4.78, 5) is 13.6. The molecule has 1 rings (SSSR count). The normalized spacial score (nSPS) is 10.7. The van der Waals surface area contributed by atoms with Crippen LogP contribution in [0.1, 0.15) is 24.2 Å². The van der Waals surface area contributed by atoms with Gasteiger partial charge in [0.25, 0.3) is 5.91 Å². The molecule has 0 aromatic heterocycles. The maximum absolute atomic E-state index is 13.2. The van der Waals surface area contributed by atoms with E-state index in [0.717, 1.165) is 0 Å². The largest absolute Gasteiger partial charge is 0.395 e. The Balaban J connectivity index is 3.00. The van der Waals surface area contributed by atoms with Crippen LogP contribution in [0.15, 0.2) is 22.7 Å². The quantitative estimate of drug-likeness (QED) is 0.928. The van der Waals surface area contributed by atoms with E-state index in [4.69, 9.17) is 5.11 Å². The zero-order valence-corrected chi connectivity index (χ0v) is 11.4. The third-order valence-corrected chi connectivity index (χ3v) is 2.79. The minimum Gasteiger partial charge on any atom is -0.395 e. The summed E-state index contributed by atoms with van der Waals surface area (Å²) in [5.41, 5.74) is 0.277. The molecule has 17 heavy (non-hydrogen) atoms. The summed E-state index contributed by atoms with van der Waals surface area (Å²) in [6, 6.07) is 4.01. The van der Waals surface area contributed by atoms with Crippen LogP contribution in [0.3, 0.4) is 0 Å². The number of amides is 1. The van der Waals surface area contributed by atoms with Crippen LogP contribution in [0.25, 0.3) is 0 Å². The lowest BCUT2D eigenvalue weighted by molar-refractivity contribution is 0.0665. The van der Waals surface area contributed by atoms with E-state index in [2.05, 4.69) is 15.9 Å². The van der Waals surface area contributed by atoms with Crippen molar-refractivity contribution in [1.29, 1.82) is 0 Å². The van der Waals surface area contributed by atoms with Gasteiger partial charge in [0.2, 0.25) is 0 Å². The van der Waals surface area contributed by atoms with Gasteiger partial charge in [0.05, 0.1) is 6.61 Å². The smallest absolute Gasteiger partial charge is 0.254 e. The number of carbonyl (C=O) groups is 1. The average Bonchev–Trinajstić information content (AvgIpc) is 2.23. The number of aliphatic hydroxyl groups excluding tert-OH is 1.